The van der Waals surface area contributed by atoms with Gasteiger partial charge in [0.2, 0.25) is 0 Å². The Morgan fingerprint density at radius 3 is 2.75 bits per heavy atom. The minimum absolute atomic E-state index is 0.280. The molecule has 144 valence electrons. The highest BCUT2D eigenvalue weighted by Gasteiger charge is 2.22. The smallest absolute Gasteiger partial charge is 0.337 e. The van der Waals surface area contributed by atoms with Crippen molar-refractivity contribution in [1.29, 1.82) is 0 Å². The predicted octanol–water partition coefficient (Wildman–Crippen LogP) is 4.04. The van der Waals surface area contributed by atoms with Crippen LogP contribution < -0.4 is 11.1 Å². The first kappa shape index (κ1) is 18.4. The van der Waals surface area contributed by atoms with E-state index in [-0.39, 0.29) is 5.91 Å². The standard InChI is InChI=1S/C21H21N3O3S/c1-11-3-8-16-13(9-11)10-15-17(22)18(28-20(15)24-16)19(25)23-14-6-4-12(5-7-14)21(26)27-2/h4-7,10-11H,3,8-9,22H2,1-2H3,(H,23,25). The number of rotatable bonds is 3. The Hall–Kier alpha value is -2.93. The molecule has 3 aromatic rings. The minimum atomic E-state index is -0.420. The van der Waals surface area contributed by atoms with Crippen LogP contribution in [-0.2, 0) is 17.6 Å². The molecular formula is C21H21N3O3S. The van der Waals surface area contributed by atoms with Gasteiger partial charge in [-0.25, -0.2) is 9.78 Å². The van der Waals surface area contributed by atoms with E-state index in [2.05, 4.69) is 23.0 Å². The average Bonchev–Trinajstić information content (AvgIpc) is 3.02. The summed E-state index contributed by atoms with van der Waals surface area (Å²) in [6.07, 6.45) is 3.11. The molecule has 3 N–H and O–H groups in total. The molecule has 7 heteroatoms. The first-order valence-corrected chi connectivity index (χ1v) is 9.98. The van der Waals surface area contributed by atoms with Crippen LogP contribution in [0.2, 0.25) is 0 Å². The van der Waals surface area contributed by atoms with Gasteiger partial charge in [0.1, 0.15) is 9.71 Å². The number of anilines is 2. The molecule has 0 bridgehead atoms. The lowest BCUT2D eigenvalue weighted by Gasteiger charge is -2.20. The number of benzene rings is 1. The maximum Gasteiger partial charge on any atom is 0.337 e. The van der Waals surface area contributed by atoms with Gasteiger partial charge in [0.25, 0.3) is 5.91 Å². The fourth-order valence-electron chi connectivity index (χ4n) is 3.54. The number of nitrogens with zero attached hydrogens (tertiary/aromatic N) is 1. The number of hydrogen-bond donors (Lipinski definition) is 2. The molecule has 0 aliphatic heterocycles. The van der Waals surface area contributed by atoms with Crippen molar-refractivity contribution in [1.82, 2.24) is 4.98 Å². The SMILES string of the molecule is COC(=O)c1ccc(NC(=O)c2sc3nc4c(cc3c2N)CC(C)CC4)cc1. The van der Waals surface area contributed by atoms with Gasteiger partial charge >= 0.3 is 5.97 Å². The molecule has 2 aromatic heterocycles. The summed E-state index contributed by atoms with van der Waals surface area (Å²) >= 11 is 1.31. The van der Waals surface area contributed by atoms with Crippen LogP contribution in [0.4, 0.5) is 11.4 Å². The molecule has 1 amide bonds. The molecule has 1 aliphatic carbocycles. The summed E-state index contributed by atoms with van der Waals surface area (Å²) in [5.41, 5.74) is 10.1. The minimum Gasteiger partial charge on any atom is -0.465 e. The van der Waals surface area contributed by atoms with Crippen LogP contribution in [0.3, 0.4) is 0 Å². The fraction of sp³-hybridized carbons (Fsp3) is 0.286. The Balaban J connectivity index is 1.60. The number of fused-ring (bicyclic) bond motifs is 2. The maximum atomic E-state index is 12.8. The van der Waals surface area contributed by atoms with E-state index in [1.54, 1.807) is 24.3 Å². The Kier molecular flexibility index (Phi) is 4.77. The molecule has 28 heavy (non-hydrogen) atoms. The molecule has 2 heterocycles. The highest BCUT2D eigenvalue weighted by molar-refractivity contribution is 7.21. The van der Waals surface area contributed by atoms with Crippen LogP contribution in [-0.4, -0.2) is 24.0 Å². The van der Waals surface area contributed by atoms with Crippen molar-refractivity contribution in [2.45, 2.75) is 26.2 Å². The van der Waals surface area contributed by atoms with Crippen molar-refractivity contribution in [3.05, 3.63) is 52.0 Å². The molecule has 1 unspecified atom stereocenters. The number of pyridine rings is 1. The average molecular weight is 395 g/mol. The lowest BCUT2D eigenvalue weighted by atomic mass is 9.87. The van der Waals surface area contributed by atoms with E-state index < -0.39 is 5.97 Å². The van der Waals surface area contributed by atoms with E-state index in [0.29, 0.717) is 27.7 Å². The molecule has 0 spiro atoms. The molecule has 1 aromatic carbocycles. The third-order valence-electron chi connectivity index (χ3n) is 5.10. The van der Waals surface area contributed by atoms with Crippen molar-refractivity contribution in [3.8, 4) is 0 Å². The van der Waals surface area contributed by atoms with Crippen molar-refractivity contribution < 1.29 is 14.3 Å². The summed E-state index contributed by atoms with van der Waals surface area (Å²) < 4.78 is 4.68. The topological polar surface area (TPSA) is 94.3 Å². The number of carbonyl (C=O) groups excluding carboxylic acids is 2. The van der Waals surface area contributed by atoms with Crippen LogP contribution in [0.15, 0.2) is 30.3 Å². The van der Waals surface area contributed by atoms with Crippen LogP contribution >= 0.6 is 11.3 Å². The van der Waals surface area contributed by atoms with Gasteiger partial charge in [-0.15, -0.1) is 11.3 Å². The van der Waals surface area contributed by atoms with Crippen LogP contribution in [0.5, 0.6) is 0 Å². The number of nitrogens with two attached hydrogens (primary N) is 1. The second-order valence-corrected chi connectivity index (χ2v) is 8.16. The zero-order chi connectivity index (χ0) is 19.8. The van der Waals surface area contributed by atoms with E-state index >= 15 is 0 Å². The zero-order valence-electron chi connectivity index (χ0n) is 15.7. The lowest BCUT2D eigenvalue weighted by Crippen LogP contribution is -2.13. The molecule has 0 saturated carbocycles. The third-order valence-corrected chi connectivity index (χ3v) is 6.22. The first-order chi connectivity index (χ1) is 13.5. The summed E-state index contributed by atoms with van der Waals surface area (Å²) in [4.78, 5) is 30.3. The number of hydrogen-bond acceptors (Lipinski definition) is 6. The fourth-order valence-corrected chi connectivity index (χ4v) is 4.53. The maximum absolute atomic E-state index is 12.8. The van der Waals surface area contributed by atoms with Crippen molar-refractivity contribution in [2.75, 3.05) is 18.2 Å². The van der Waals surface area contributed by atoms with E-state index in [9.17, 15) is 9.59 Å². The Morgan fingerprint density at radius 2 is 2.04 bits per heavy atom. The normalized spacial score (nSPS) is 15.9. The van der Waals surface area contributed by atoms with E-state index in [0.717, 1.165) is 35.2 Å². The van der Waals surface area contributed by atoms with Gasteiger partial charge in [0.15, 0.2) is 0 Å². The number of nitrogen functional groups attached to an aromatic ring is 1. The lowest BCUT2D eigenvalue weighted by molar-refractivity contribution is 0.0600. The Bertz CT molecular complexity index is 1070. The molecular weight excluding hydrogens is 374 g/mol. The summed E-state index contributed by atoms with van der Waals surface area (Å²) in [6, 6.07) is 8.62. The zero-order valence-corrected chi connectivity index (χ0v) is 16.6. The molecule has 1 aliphatic rings. The van der Waals surface area contributed by atoms with Crippen molar-refractivity contribution in [3.63, 3.8) is 0 Å². The monoisotopic (exact) mass is 395 g/mol. The second-order valence-electron chi connectivity index (χ2n) is 7.16. The highest BCUT2D eigenvalue weighted by atomic mass is 32.1. The molecule has 6 nitrogen and oxygen atoms in total. The van der Waals surface area contributed by atoms with Gasteiger partial charge in [-0.1, -0.05) is 6.92 Å². The number of ether oxygens (including phenoxy) is 1. The number of nitrogens with one attached hydrogen (secondary N) is 1. The van der Waals surface area contributed by atoms with Gasteiger partial charge in [-0.2, -0.15) is 0 Å². The number of carbonyl (C=O) groups is 2. The molecule has 0 fully saturated rings. The second kappa shape index (κ2) is 7.24. The number of esters is 1. The Morgan fingerprint density at radius 1 is 1.29 bits per heavy atom. The largest absolute Gasteiger partial charge is 0.465 e. The molecule has 0 saturated heterocycles. The van der Waals surface area contributed by atoms with Crippen molar-refractivity contribution >= 4 is 44.8 Å². The van der Waals surface area contributed by atoms with Gasteiger partial charge in [0, 0.05) is 16.8 Å². The van der Waals surface area contributed by atoms with Gasteiger partial charge < -0.3 is 15.8 Å². The van der Waals surface area contributed by atoms with E-state index in [4.69, 9.17) is 10.7 Å². The number of aryl methyl sites for hydroxylation is 1. The molecule has 4 rings (SSSR count). The van der Waals surface area contributed by atoms with Gasteiger partial charge in [-0.3, -0.25) is 4.79 Å². The van der Waals surface area contributed by atoms with Crippen LogP contribution in [0.25, 0.3) is 10.2 Å². The summed E-state index contributed by atoms with van der Waals surface area (Å²) in [6.45, 7) is 2.24. The van der Waals surface area contributed by atoms with Crippen LogP contribution in [0.1, 0.15) is 44.6 Å². The van der Waals surface area contributed by atoms with Gasteiger partial charge in [-0.05, 0) is 61.1 Å². The molecule has 1 atom stereocenters. The Labute approximate surface area is 166 Å². The summed E-state index contributed by atoms with van der Waals surface area (Å²) in [5.74, 6) is -0.0593. The number of thiophene rings is 1. The summed E-state index contributed by atoms with van der Waals surface area (Å²) in [7, 11) is 1.33. The van der Waals surface area contributed by atoms with E-state index in [1.165, 1.54) is 24.0 Å². The van der Waals surface area contributed by atoms with Gasteiger partial charge in [0.05, 0.1) is 18.4 Å². The first-order valence-electron chi connectivity index (χ1n) is 9.16. The number of aromatic nitrogens is 1. The van der Waals surface area contributed by atoms with Crippen LogP contribution in [0, 0.1) is 5.92 Å². The van der Waals surface area contributed by atoms with Crippen molar-refractivity contribution in [2.24, 2.45) is 5.92 Å². The summed E-state index contributed by atoms with van der Waals surface area (Å²) in [5, 5.41) is 3.68. The quantitative estimate of drug-likeness (QED) is 0.653. The predicted molar refractivity (Wildman–Crippen MR) is 111 cm³/mol. The van der Waals surface area contributed by atoms with E-state index in [1.807, 2.05) is 0 Å². The number of methoxy groups -OCH3 is 1. The molecule has 0 radical (unpaired) electrons. The highest BCUT2D eigenvalue weighted by Crippen LogP contribution is 2.36. The number of amides is 1. The third kappa shape index (κ3) is 3.33.